The number of carbonyl (C=O) groups is 1. The molecule has 1 atom stereocenters. The maximum absolute atomic E-state index is 11.1. The van der Waals surface area contributed by atoms with E-state index in [-0.39, 0.29) is 5.56 Å². The Hall–Kier alpha value is -1.75. The van der Waals surface area contributed by atoms with Crippen LogP contribution in [0.15, 0.2) is 18.2 Å². The van der Waals surface area contributed by atoms with Gasteiger partial charge in [0.25, 0.3) is 0 Å². The SMILES string of the molecule is CN1CCCC1CNc1cc(N)ccc1C(=O)O. The molecule has 0 amide bonds. The monoisotopic (exact) mass is 249 g/mol. The summed E-state index contributed by atoms with van der Waals surface area (Å²) in [7, 11) is 2.09. The summed E-state index contributed by atoms with van der Waals surface area (Å²) in [6, 6.07) is 5.29. The largest absolute Gasteiger partial charge is 0.478 e. The topological polar surface area (TPSA) is 78.6 Å². The average molecular weight is 249 g/mol. The van der Waals surface area contributed by atoms with Gasteiger partial charge in [0.15, 0.2) is 0 Å². The molecular formula is C13H19N3O2. The van der Waals surface area contributed by atoms with Gasteiger partial charge in [-0.2, -0.15) is 0 Å². The van der Waals surface area contributed by atoms with Crippen molar-refractivity contribution < 1.29 is 9.90 Å². The smallest absolute Gasteiger partial charge is 0.337 e. The molecule has 1 heterocycles. The van der Waals surface area contributed by atoms with E-state index in [9.17, 15) is 4.79 Å². The van der Waals surface area contributed by atoms with E-state index < -0.39 is 5.97 Å². The number of nitrogen functional groups attached to an aromatic ring is 1. The van der Waals surface area contributed by atoms with Crippen LogP contribution >= 0.6 is 0 Å². The first kappa shape index (κ1) is 12.7. The summed E-state index contributed by atoms with van der Waals surface area (Å²) >= 11 is 0. The number of rotatable bonds is 4. The highest BCUT2D eigenvalue weighted by Crippen LogP contribution is 2.21. The summed E-state index contributed by atoms with van der Waals surface area (Å²) in [5.74, 6) is -0.933. The number of hydrogen-bond acceptors (Lipinski definition) is 4. The molecule has 1 unspecified atom stereocenters. The summed E-state index contributed by atoms with van der Waals surface area (Å²) in [4.78, 5) is 13.4. The lowest BCUT2D eigenvalue weighted by atomic mass is 10.1. The molecule has 1 aromatic carbocycles. The molecule has 1 aliphatic heterocycles. The Morgan fingerprint density at radius 1 is 1.61 bits per heavy atom. The third kappa shape index (κ3) is 2.73. The highest BCUT2D eigenvalue weighted by molar-refractivity contribution is 5.95. The maximum Gasteiger partial charge on any atom is 0.337 e. The first-order valence-corrected chi connectivity index (χ1v) is 6.15. The van der Waals surface area contributed by atoms with Crippen molar-refractivity contribution in [2.45, 2.75) is 18.9 Å². The van der Waals surface area contributed by atoms with Crippen molar-refractivity contribution in [1.29, 1.82) is 0 Å². The first-order valence-electron chi connectivity index (χ1n) is 6.15. The number of carboxylic acid groups (broad SMARTS) is 1. The molecule has 1 fully saturated rings. The Kier molecular flexibility index (Phi) is 3.72. The van der Waals surface area contributed by atoms with Crippen molar-refractivity contribution in [2.75, 3.05) is 31.2 Å². The van der Waals surface area contributed by atoms with Crippen LogP contribution in [0.25, 0.3) is 0 Å². The van der Waals surface area contributed by atoms with Crippen LogP contribution in [0.5, 0.6) is 0 Å². The number of aromatic carboxylic acids is 1. The van der Waals surface area contributed by atoms with Crippen molar-refractivity contribution in [3.05, 3.63) is 23.8 Å². The zero-order valence-electron chi connectivity index (χ0n) is 10.5. The summed E-state index contributed by atoms with van der Waals surface area (Å²) in [5, 5.41) is 12.3. The average Bonchev–Trinajstić information content (AvgIpc) is 2.72. The van der Waals surface area contributed by atoms with Gasteiger partial charge < -0.3 is 21.1 Å². The second-order valence-electron chi connectivity index (χ2n) is 4.77. The van der Waals surface area contributed by atoms with E-state index in [1.54, 1.807) is 18.2 Å². The molecule has 98 valence electrons. The second-order valence-corrected chi connectivity index (χ2v) is 4.77. The van der Waals surface area contributed by atoms with Gasteiger partial charge >= 0.3 is 5.97 Å². The van der Waals surface area contributed by atoms with Crippen LogP contribution in [0.4, 0.5) is 11.4 Å². The fraction of sp³-hybridized carbons (Fsp3) is 0.462. The van der Waals surface area contributed by atoms with Gasteiger partial charge in [0, 0.05) is 18.3 Å². The molecule has 0 spiro atoms. The van der Waals surface area contributed by atoms with Crippen molar-refractivity contribution in [3.63, 3.8) is 0 Å². The van der Waals surface area contributed by atoms with Crippen LogP contribution in [0, 0.1) is 0 Å². The van der Waals surface area contributed by atoms with E-state index in [4.69, 9.17) is 10.8 Å². The van der Waals surface area contributed by atoms with Crippen LogP contribution in [-0.2, 0) is 0 Å². The molecule has 4 N–H and O–H groups in total. The standard InChI is InChI=1S/C13H19N3O2/c1-16-6-2-3-10(16)8-15-12-7-9(14)4-5-11(12)13(17)18/h4-5,7,10,15H,2-3,6,8,14H2,1H3,(H,17,18). The van der Waals surface area contributed by atoms with E-state index in [1.165, 1.54) is 6.42 Å². The van der Waals surface area contributed by atoms with Gasteiger partial charge in [-0.05, 0) is 44.6 Å². The van der Waals surface area contributed by atoms with E-state index >= 15 is 0 Å². The van der Waals surface area contributed by atoms with Crippen LogP contribution < -0.4 is 11.1 Å². The molecule has 0 saturated carbocycles. The summed E-state index contributed by atoms with van der Waals surface area (Å²) in [5.41, 5.74) is 7.14. The summed E-state index contributed by atoms with van der Waals surface area (Å²) in [6.45, 7) is 1.86. The molecule has 0 radical (unpaired) electrons. The van der Waals surface area contributed by atoms with Crippen molar-refractivity contribution >= 4 is 17.3 Å². The minimum atomic E-state index is -0.933. The minimum Gasteiger partial charge on any atom is -0.478 e. The molecule has 0 aliphatic carbocycles. The Labute approximate surface area is 107 Å². The minimum absolute atomic E-state index is 0.268. The van der Waals surface area contributed by atoms with Gasteiger partial charge in [0.2, 0.25) is 0 Å². The number of likely N-dealkylation sites (N-methyl/N-ethyl adjacent to an activating group) is 1. The predicted octanol–water partition coefficient (Wildman–Crippen LogP) is 1.47. The van der Waals surface area contributed by atoms with E-state index in [2.05, 4.69) is 17.3 Å². The lowest BCUT2D eigenvalue weighted by Gasteiger charge is -2.21. The number of benzene rings is 1. The van der Waals surface area contributed by atoms with Gasteiger partial charge in [0.05, 0.1) is 11.3 Å². The van der Waals surface area contributed by atoms with Crippen molar-refractivity contribution in [3.8, 4) is 0 Å². The molecule has 5 nitrogen and oxygen atoms in total. The third-order valence-electron chi connectivity index (χ3n) is 3.47. The van der Waals surface area contributed by atoms with Gasteiger partial charge in [-0.25, -0.2) is 4.79 Å². The predicted molar refractivity (Wildman–Crippen MR) is 72.0 cm³/mol. The quantitative estimate of drug-likeness (QED) is 0.704. The fourth-order valence-corrected chi connectivity index (χ4v) is 2.36. The molecule has 1 aliphatic rings. The maximum atomic E-state index is 11.1. The normalized spacial score (nSPS) is 19.9. The molecule has 18 heavy (non-hydrogen) atoms. The molecular weight excluding hydrogens is 230 g/mol. The number of nitrogens with one attached hydrogen (secondary N) is 1. The highest BCUT2D eigenvalue weighted by Gasteiger charge is 2.21. The number of nitrogens with two attached hydrogens (primary N) is 1. The summed E-state index contributed by atoms with van der Waals surface area (Å²) < 4.78 is 0. The van der Waals surface area contributed by atoms with Gasteiger partial charge in [-0.1, -0.05) is 0 Å². The number of anilines is 2. The van der Waals surface area contributed by atoms with Crippen LogP contribution in [0.1, 0.15) is 23.2 Å². The van der Waals surface area contributed by atoms with Crippen LogP contribution in [0.3, 0.4) is 0 Å². The molecule has 1 saturated heterocycles. The van der Waals surface area contributed by atoms with Gasteiger partial charge in [0.1, 0.15) is 0 Å². The Bertz CT molecular complexity index is 448. The molecule has 0 bridgehead atoms. The van der Waals surface area contributed by atoms with Crippen molar-refractivity contribution in [1.82, 2.24) is 4.90 Å². The number of nitrogens with zero attached hydrogens (tertiary/aromatic N) is 1. The van der Waals surface area contributed by atoms with Crippen molar-refractivity contribution in [2.24, 2.45) is 0 Å². The third-order valence-corrected chi connectivity index (χ3v) is 3.47. The van der Waals surface area contributed by atoms with Crippen LogP contribution in [0.2, 0.25) is 0 Å². The first-order chi connectivity index (χ1) is 8.58. The Morgan fingerprint density at radius 3 is 3.00 bits per heavy atom. The number of carboxylic acids is 1. The zero-order chi connectivity index (χ0) is 13.1. The molecule has 0 aromatic heterocycles. The number of hydrogen-bond donors (Lipinski definition) is 3. The summed E-state index contributed by atoms with van der Waals surface area (Å²) in [6.07, 6.45) is 2.35. The van der Waals surface area contributed by atoms with E-state index in [0.29, 0.717) is 17.4 Å². The highest BCUT2D eigenvalue weighted by atomic mass is 16.4. The van der Waals surface area contributed by atoms with E-state index in [0.717, 1.165) is 19.5 Å². The second kappa shape index (κ2) is 5.27. The van der Waals surface area contributed by atoms with Gasteiger partial charge in [-0.15, -0.1) is 0 Å². The Balaban J connectivity index is 2.08. The lowest BCUT2D eigenvalue weighted by Crippen LogP contribution is -2.31. The van der Waals surface area contributed by atoms with Gasteiger partial charge in [-0.3, -0.25) is 0 Å². The lowest BCUT2D eigenvalue weighted by molar-refractivity contribution is 0.0698. The van der Waals surface area contributed by atoms with E-state index in [1.807, 2.05) is 0 Å². The molecule has 1 aromatic rings. The van der Waals surface area contributed by atoms with Crippen LogP contribution in [-0.4, -0.2) is 42.2 Å². The zero-order valence-corrected chi connectivity index (χ0v) is 10.5. The molecule has 2 rings (SSSR count). The number of likely N-dealkylation sites (tertiary alicyclic amines) is 1. The Morgan fingerprint density at radius 2 is 2.39 bits per heavy atom. The molecule has 5 heteroatoms. The fourth-order valence-electron chi connectivity index (χ4n) is 2.36.